The van der Waals surface area contributed by atoms with Gasteiger partial charge in [0.15, 0.2) is 0 Å². The number of pyridine rings is 1. The maximum Gasteiger partial charge on any atom is 0.490 e. The second-order valence-corrected chi connectivity index (χ2v) is 4.34. The highest BCUT2D eigenvalue weighted by Crippen LogP contribution is 2.11. The van der Waals surface area contributed by atoms with Gasteiger partial charge in [-0.3, -0.25) is 9.88 Å². The molecule has 2 heterocycles. The van der Waals surface area contributed by atoms with Crippen LogP contribution in [0.2, 0.25) is 0 Å². The lowest BCUT2D eigenvalue weighted by molar-refractivity contribution is 0.220. The largest absolute Gasteiger partial charge is 0.490 e. The third-order valence-corrected chi connectivity index (χ3v) is 2.97. The molecule has 0 spiro atoms. The maximum absolute atomic E-state index is 9.06. The number of aromatic nitrogens is 1. The van der Waals surface area contributed by atoms with E-state index in [0.29, 0.717) is 5.46 Å². The predicted molar refractivity (Wildman–Crippen MR) is 63.2 cm³/mol. The number of likely N-dealkylation sites (tertiary alicyclic amines) is 1. The Morgan fingerprint density at radius 2 is 1.94 bits per heavy atom. The van der Waals surface area contributed by atoms with Crippen molar-refractivity contribution in [1.29, 1.82) is 0 Å². The lowest BCUT2D eigenvalue weighted by Gasteiger charge is -2.26. The van der Waals surface area contributed by atoms with E-state index in [9.17, 15) is 0 Å². The van der Waals surface area contributed by atoms with Gasteiger partial charge >= 0.3 is 7.12 Å². The van der Waals surface area contributed by atoms with Gasteiger partial charge in [-0.2, -0.15) is 0 Å². The molecule has 4 nitrogen and oxygen atoms in total. The Hall–Kier alpha value is -0.905. The molecule has 1 aliphatic rings. The first-order valence-corrected chi connectivity index (χ1v) is 5.78. The molecule has 16 heavy (non-hydrogen) atoms. The first kappa shape index (κ1) is 11.6. The van der Waals surface area contributed by atoms with Crippen molar-refractivity contribution in [2.24, 2.45) is 0 Å². The van der Waals surface area contributed by atoms with Crippen molar-refractivity contribution in [3.63, 3.8) is 0 Å². The van der Waals surface area contributed by atoms with Crippen LogP contribution in [0.1, 0.15) is 24.8 Å². The topological polar surface area (TPSA) is 56.6 Å². The molecule has 0 radical (unpaired) electrons. The first-order valence-electron chi connectivity index (χ1n) is 5.78. The van der Waals surface area contributed by atoms with Crippen molar-refractivity contribution >= 4 is 12.6 Å². The van der Waals surface area contributed by atoms with Gasteiger partial charge in [-0.1, -0.05) is 12.5 Å². The van der Waals surface area contributed by atoms with Gasteiger partial charge in [0, 0.05) is 24.4 Å². The van der Waals surface area contributed by atoms with Gasteiger partial charge < -0.3 is 10.0 Å². The molecule has 0 atom stereocenters. The van der Waals surface area contributed by atoms with Crippen molar-refractivity contribution in [1.82, 2.24) is 9.88 Å². The second-order valence-electron chi connectivity index (χ2n) is 4.34. The summed E-state index contributed by atoms with van der Waals surface area (Å²) in [5.41, 5.74) is 1.52. The normalized spacial score (nSPS) is 17.4. The Kier molecular flexibility index (Phi) is 3.93. The number of rotatable bonds is 3. The molecule has 1 saturated heterocycles. The van der Waals surface area contributed by atoms with E-state index in [0.717, 1.165) is 25.2 Å². The van der Waals surface area contributed by atoms with Crippen molar-refractivity contribution < 1.29 is 10.0 Å². The van der Waals surface area contributed by atoms with Crippen LogP contribution in [0, 0.1) is 0 Å². The zero-order valence-electron chi connectivity index (χ0n) is 9.34. The van der Waals surface area contributed by atoms with E-state index in [1.165, 1.54) is 25.5 Å². The number of piperidine rings is 1. The average Bonchev–Trinajstić information content (AvgIpc) is 2.30. The quantitative estimate of drug-likeness (QED) is 0.689. The zero-order chi connectivity index (χ0) is 11.4. The summed E-state index contributed by atoms with van der Waals surface area (Å²) in [6.07, 6.45) is 7.13. The summed E-state index contributed by atoms with van der Waals surface area (Å²) in [6, 6.07) is 1.81. The summed E-state index contributed by atoms with van der Waals surface area (Å²) in [5, 5.41) is 18.1. The van der Waals surface area contributed by atoms with Gasteiger partial charge in [0.2, 0.25) is 0 Å². The fourth-order valence-corrected chi connectivity index (χ4v) is 2.11. The highest BCUT2D eigenvalue weighted by Gasteiger charge is 2.14. The lowest BCUT2D eigenvalue weighted by atomic mass is 9.81. The van der Waals surface area contributed by atoms with E-state index in [1.54, 1.807) is 6.20 Å². The fraction of sp³-hybridized carbons (Fsp3) is 0.545. The Labute approximate surface area is 96.1 Å². The van der Waals surface area contributed by atoms with Gasteiger partial charge in [-0.05, 0) is 31.5 Å². The molecule has 0 bridgehead atoms. The van der Waals surface area contributed by atoms with Crippen LogP contribution < -0.4 is 5.46 Å². The minimum absolute atomic E-state index is 0.467. The minimum atomic E-state index is -1.42. The summed E-state index contributed by atoms with van der Waals surface area (Å²) in [6.45, 7) is 3.12. The van der Waals surface area contributed by atoms with E-state index in [1.807, 2.05) is 6.07 Å². The standard InChI is InChI=1S/C11H17BN2O2/c15-12(16)11-6-10(7-13-8-11)9-14-4-2-1-3-5-14/h6-8,15-16H,1-5,9H2. The molecular formula is C11H17BN2O2. The van der Waals surface area contributed by atoms with Crippen LogP contribution in [0.25, 0.3) is 0 Å². The highest BCUT2D eigenvalue weighted by molar-refractivity contribution is 6.58. The molecule has 0 amide bonds. The second kappa shape index (κ2) is 5.43. The van der Waals surface area contributed by atoms with Gasteiger partial charge in [-0.15, -0.1) is 0 Å². The lowest BCUT2D eigenvalue weighted by Crippen LogP contribution is -2.32. The Balaban J connectivity index is 2.00. The molecule has 1 fully saturated rings. The predicted octanol–water partition coefficient (Wildman–Crippen LogP) is -0.253. The molecule has 0 aliphatic carbocycles. The van der Waals surface area contributed by atoms with Crippen LogP contribution >= 0.6 is 0 Å². The molecule has 0 saturated carbocycles. The van der Waals surface area contributed by atoms with E-state index < -0.39 is 7.12 Å². The van der Waals surface area contributed by atoms with Gasteiger partial charge in [0.1, 0.15) is 0 Å². The molecule has 0 aromatic carbocycles. The molecule has 0 unspecified atom stereocenters. The third-order valence-electron chi connectivity index (χ3n) is 2.97. The average molecular weight is 220 g/mol. The molecule has 1 aliphatic heterocycles. The molecular weight excluding hydrogens is 203 g/mol. The summed E-state index contributed by atoms with van der Waals surface area (Å²) < 4.78 is 0. The van der Waals surface area contributed by atoms with Crippen molar-refractivity contribution in [2.45, 2.75) is 25.8 Å². The molecule has 86 valence electrons. The number of hydrogen-bond acceptors (Lipinski definition) is 4. The fourth-order valence-electron chi connectivity index (χ4n) is 2.11. The number of nitrogens with zero attached hydrogens (tertiary/aromatic N) is 2. The summed E-state index contributed by atoms with van der Waals surface area (Å²) in [5.74, 6) is 0. The Bertz CT molecular complexity index is 341. The van der Waals surface area contributed by atoms with Crippen LogP contribution in [-0.4, -0.2) is 40.1 Å². The third kappa shape index (κ3) is 3.04. The monoisotopic (exact) mass is 220 g/mol. The Morgan fingerprint density at radius 3 is 2.62 bits per heavy atom. The maximum atomic E-state index is 9.06. The summed E-state index contributed by atoms with van der Waals surface area (Å²) in [4.78, 5) is 6.41. The first-order chi connectivity index (χ1) is 7.75. The van der Waals surface area contributed by atoms with Gasteiger partial charge in [-0.25, -0.2) is 0 Å². The van der Waals surface area contributed by atoms with Crippen LogP contribution in [0.3, 0.4) is 0 Å². The van der Waals surface area contributed by atoms with Crippen molar-refractivity contribution in [3.8, 4) is 0 Å². The van der Waals surface area contributed by atoms with E-state index in [2.05, 4.69) is 9.88 Å². The van der Waals surface area contributed by atoms with Crippen LogP contribution in [0.4, 0.5) is 0 Å². The zero-order valence-corrected chi connectivity index (χ0v) is 9.34. The molecule has 1 aromatic heterocycles. The van der Waals surface area contributed by atoms with Crippen LogP contribution in [0.5, 0.6) is 0 Å². The van der Waals surface area contributed by atoms with Gasteiger partial charge in [0.05, 0.1) is 0 Å². The Morgan fingerprint density at radius 1 is 1.19 bits per heavy atom. The molecule has 1 aromatic rings. The van der Waals surface area contributed by atoms with E-state index >= 15 is 0 Å². The van der Waals surface area contributed by atoms with Gasteiger partial charge in [0.25, 0.3) is 0 Å². The van der Waals surface area contributed by atoms with E-state index in [4.69, 9.17) is 10.0 Å². The minimum Gasteiger partial charge on any atom is -0.423 e. The molecule has 2 N–H and O–H groups in total. The highest BCUT2D eigenvalue weighted by atomic mass is 16.4. The number of hydrogen-bond donors (Lipinski definition) is 2. The van der Waals surface area contributed by atoms with Crippen LogP contribution in [-0.2, 0) is 6.54 Å². The smallest absolute Gasteiger partial charge is 0.423 e. The van der Waals surface area contributed by atoms with Crippen molar-refractivity contribution in [2.75, 3.05) is 13.1 Å². The van der Waals surface area contributed by atoms with Crippen LogP contribution in [0.15, 0.2) is 18.5 Å². The van der Waals surface area contributed by atoms with Crippen molar-refractivity contribution in [3.05, 3.63) is 24.0 Å². The molecule has 2 rings (SSSR count). The van der Waals surface area contributed by atoms with E-state index in [-0.39, 0.29) is 0 Å². The summed E-state index contributed by atoms with van der Waals surface area (Å²) >= 11 is 0. The molecule has 5 heteroatoms. The SMILES string of the molecule is OB(O)c1cncc(CN2CCCCC2)c1. The summed E-state index contributed by atoms with van der Waals surface area (Å²) in [7, 11) is -1.42.